The van der Waals surface area contributed by atoms with E-state index in [4.69, 9.17) is 4.74 Å². The van der Waals surface area contributed by atoms with Crippen molar-refractivity contribution >= 4 is 11.6 Å². The molecule has 0 saturated heterocycles. The summed E-state index contributed by atoms with van der Waals surface area (Å²) in [5, 5.41) is 13.9. The molecule has 0 aliphatic rings. The third-order valence-electron chi connectivity index (χ3n) is 4.31. The molecule has 29 heavy (non-hydrogen) atoms. The van der Waals surface area contributed by atoms with Crippen molar-refractivity contribution in [1.29, 1.82) is 0 Å². The van der Waals surface area contributed by atoms with Gasteiger partial charge in [-0.05, 0) is 45.8 Å². The van der Waals surface area contributed by atoms with Crippen LogP contribution in [0.2, 0.25) is 0 Å². The van der Waals surface area contributed by atoms with Gasteiger partial charge in [-0.1, -0.05) is 54.6 Å². The molecule has 0 saturated carbocycles. The Hall–Kier alpha value is -4.00. The highest BCUT2D eigenvalue weighted by Crippen LogP contribution is 2.21. The van der Waals surface area contributed by atoms with E-state index in [9.17, 15) is 4.79 Å². The minimum Gasteiger partial charge on any atom is -0.483 e. The Balaban J connectivity index is 1.39. The molecule has 0 radical (unpaired) electrons. The number of ether oxygens (including phenoxy) is 1. The van der Waals surface area contributed by atoms with Crippen molar-refractivity contribution in [3.05, 3.63) is 96.3 Å². The summed E-state index contributed by atoms with van der Waals surface area (Å²) in [6.07, 6.45) is 2.24. The summed E-state index contributed by atoms with van der Waals surface area (Å²) < 4.78 is 7.32. The van der Waals surface area contributed by atoms with Crippen molar-refractivity contribution in [2.24, 2.45) is 0 Å². The second-order valence-corrected chi connectivity index (χ2v) is 6.41. The summed E-state index contributed by atoms with van der Waals surface area (Å²) >= 11 is 0. The number of nitrogens with zero attached hydrogens (tertiary/aromatic N) is 4. The molecule has 1 heterocycles. The van der Waals surface area contributed by atoms with Crippen LogP contribution < -0.4 is 10.1 Å². The van der Waals surface area contributed by atoms with Gasteiger partial charge in [0, 0.05) is 12.1 Å². The Morgan fingerprint density at radius 3 is 2.62 bits per heavy atom. The van der Waals surface area contributed by atoms with Gasteiger partial charge in [-0.3, -0.25) is 4.79 Å². The van der Waals surface area contributed by atoms with E-state index in [1.54, 1.807) is 12.1 Å². The van der Waals surface area contributed by atoms with Crippen LogP contribution in [0.4, 0.5) is 5.69 Å². The molecule has 0 fully saturated rings. The molecular formula is C22H19N5O2. The van der Waals surface area contributed by atoms with Crippen LogP contribution in [0.5, 0.6) is 5.75 Å². The second-order valence-electron chi connectivity index (χ2n) is 6.41. The van der Waals surface area contributed by atoms with Crippen LogP contribution in [0, 0.1) is 0 Å². The van der Waals surface area contributed by atoms with E-state index < -0.39 is 0 Å². The molecule has 1 amide bonds. The Kier molecular flexibility index (Phi) is 5.57. The fourth-order valence-corrected chi connectivity index (χ4v) is 2.95. The molecule has 4 rings (SSSR count). The quantitative estimate of drug-likeness (QED) is 0.528. The van der Waals surface area contributed by atoms with E-state index in [0.29, 0.717) is 11.4 Å². The molecule has 0 aliphatic carbocycles. The highest BCUT2D eigenvalue weighted by atomic mass is 16.5. The SMILES string of the molecule is O=C(COc1ccccc1Cc1ccccc1)Nc1cccc(-n2cnnn2)c1. The number of amides is 1. The number of nitrogens with one attached hydrogen (secondary N) is 1. The van der Waals surface area contributed by atoms with Gasteiger partial charge < -0.3 is 10.1 Å². The average Bonchev–Trinajstić information content (AvgIpc) is 3.29. The van der Waals surface area contributed by atoms with Crippen molar-refractivity contribution in [2.45, 2.75) is 6.42 Å². The molecule has 1 aromatic heterocycles. The number of para-hydroxylation sites is 1. The predicted octanol–water partition coefficient (Wildman–Crippen LogP) is 3.27. The zero-order valence-corrected chi connectivity index (χ0v) is 15.6. The molecule has 0 spiro atoms. The number of carbonyl (C=O) groups is 1. The fourth-order valence-electron chi connectivity index (χ4n) is 2.95. The van der Waals surface area contributed by atoms with Crippen LogP contribution in [-0.4, -0.2) is 32.7 Å². The predicted molar refractivity (Wildman–Crippen MR) is 109 cm³/mol. The van der Waals surface area contributed by atoms with Gasteiger partial charge in [-0.25, -0.2) is 4.68 Å². The largest absolute Gasteiger partial charge is 0.483 e. The van der Waals surface area contributed by atoms with E-state index in [2.05, 4.69) is 33.0 Å². The van der Waals surface area contributed by atoms with Crippen LogP contribution in [0.15, 0.2) is 85.2 Å². The number of tetrazole rings is 1. The van der Waals surface area contributed by atoms with Crippen LogP contribution in [0.3, 0.4) is 0 Å². The monoisotopic (exact) mass is 385 g/mol. The summed E-state index contributed by atoms with van der Waals surface area (Å²) in [6, 6.07) is 25.2. The van der Waals surface area contributed by atoms with E-state index in [1.165, 1.54) is 16.6 Å². The number of aromatic nitrogens is 4. The van der Waals surface area contributed by atoms with Gasteiger partial charge in [0.05, 0.1) is 5.69 Å². The zero-order valence-electron chi connectivity index (χ0n) is 15.6. The summed E-state index contributed by atoms with van der Waals surface area (Å²) in [5.41, 5.74) is 3.62. The Bertz CT molecular complexity index is 1080. The molecule has 0 unspecified atom stereocenters. The first-order chi connectivity index (χ1) is 14.3. The molecule has 4 aromatic rings. The van der Waals surface area contributed by atoms with Crippen molar-refractivity contribution in [3.8, 4) is 11.4 Å². The number of hydrogen-bond acceptors (Lipinski definition) is 5. The standard InChI is InChI=1S/C22H19N5O2/c28-22(24-19-10-6-11-20(14-19)27-16-23-25-26-27)15-29-21-12-5-4-9-18(21)13-17-7-2-1-3-8-17/h1-12,14,16H,13,15H2,(H,24,28). The van der Waals surface area contributed by atoms with Gasteiger partial charge in [-0.15, -0.1) is 5.10 Å². The highest BCUT2D eigenvalue weighted by molar-refractivity contribution is 5.92. The first-order valence-corrected chi connectivity index (χ1v) is 9.16. The molecular weight excluding hydrogens is 366 g/mol. The van der Waals surface area contributed by atoms with E-state index >= 15 is 0 Å². The van der Waals surface area contributed by atoms with Gasteiger partial charge in [0.15, 0.2) is 6.61 Å². The van der Waals surface area contributed by atoms with Crippen molar-refractivity contribution in [2.75, 3.05) is 11.9 Å². The maximum atomic E-state index is 12.4. The topological polar surface area (TPSA) is 81.9 Å². The van der Waals surface area contributed by atoms with Crippen LogP contribution in [0.1, 0.15) is 11.1 Å². The van der Waals surface area contributed by atoms with Gasteiger partial charge in [-0.2, -0.15) is 0 Å². The van der Waals surface area contributed by atoms with Crippen molar-refractivity contribution < 1.29 is 9.53 Å². The van der Waals surface area contributed by atoms with E-state index in [-0.39, 0.29) is 12.5 Å². The van der Waals surface area contributed by atoms with Crippen molar-refractivity contribution in [1.82, 2.24) is 20.2 Å². The number of carbonyl (C=O) groups excluding carboxylic acids is 1. The molecule has 0 atom stereocenters. The number of anilines is 1. The molecule has 1 N–H and O–H groups in total. The first kappa shape index (κ1) is 18.4. The smallest absolute Gasteiger partial charge is 0.262 e. The van der Waals surface area contributed by atoms with Crippen LogP contribution >= 0.6 is 0 Å². The number of rotatable bonds is 7. The summed E-state index contributed by atoms with van der Waals surface area (Å²) in [5.74, 6) is 0.460. The highest BCUT2D eigenvalue weighted by Gasteiger charge is 2.09. The number of hydrogen-bond donors (Lipinski definition) is 1. The number of benzene rings is 3. The molecule has 7 nitrogen and oxygen atoms in total. The molecule has 7 heteroatoms. The Morgan fingerprint density at radius 1 is 0.966 bits per heavy atom. The molecule has 0 aliphatic heterocycles. The van der Waals surface area contributed by atoms with Gasteiger partial charge in [0.2, 0.25) is 0 Å². The maximum absolute atomic E-state index is 12.4. The fraction of sp³-hybridized carbons (Fsp3) is 0.0909. The third-order valence-corrected chi connectivity index (χ3v) is 4.31. The van der Waals surface area contributed by atoms with Gasteiger partial charge in [0.25, 0.3) is 5.91 Å². The summed E-state index contributed by atoms with van der Waals surface area (Å²) in [7, 11) is 0. The van der Waals surface area contributed by atoms with Crippen molar-refractivity contribution in [3.63, 3.8) is 0 Å². The maximum Gasteiger partial charge on any atom is 0.262 e. The van der Waals surface area contributed by atoms with Crippen LogP contribution in [0.25, 0.3) is 5.69 Å². The summed E-state index contributed by atoms with van der Waals surface area (Å²) in [6.45, 7) is -0.0824. The lowest BCUT2D eigenvalue weighted by Gasteiger charge is -2.12. The lowest BCUT2D eigenvalue weighted by molar-refractivity contribution is -0.118. The molecule has 0 bridgehead atoms. The average molecular weight is 385 g/mol. The second kappa shape index (κ2) is 8.79. The van der Waals surface area contributed by atoms with Gasteiger partial charge >= 0.3 is 0 Å². The van der Waals surface area contributed by atoms with E-state index in [0.717, 1.165) is 17.7 Å². The normalized spacial score (nSPS) is 10.5. The molecule has 144 valence electrons. The Morgan fingerprint density at radius 2 is 1.79 bits per heavy atom. The Labute approximate surface area is 168 Å². The lowest BCUT2D eigenvalue weighted by atomic mass is 10.0. The van der Waals surface area contributed by atoms with E-state index in [1.807, 2.05) is 54.6 Å². The minimum atomic E-state index is -0.242. The summed E-state index contributed by atoms with van der Waals surface area (Å²) in [4.78, 5) is 12.4. The third kappa shape index (κ3) is 4.84. The first-order valence-electron chi connectivity index (χ1n) is 9.16. The van der Waals surface area contributed by atoms with Crippen LogP contribution in [-0.2, 0) is 11.2 Å². The zero-order chi connectivity index (χ0) is 19.9. The minimum absolute atomic E-state index is 0.0824. The van der Waals surface area contributed by atoms with Gasteiger partial charge in [0.1, 0.15) is 12.1 Å². The molecule has 3 aromatic carbocycles. The lowest BCUT2D eigenvalue weighted by Crippen LogP contribution is -2.20.